The molecule has 1 saturated heterocycles. The molecule has 21 heavy (non-hydrogen) atoms. The van der Waals surface area contributed by atoms with Gasteiger partial charge in [0.05, 0.1) is 17.3 Å². The highest BCUT2D eigenvalue weighted by Gasteiger charge is 2.20. The molecule has 0 radical (unpaired) electrons. The van der Waals surface area contributed by atoms with Crippen molar-refractivity contribution in [3.05, 3.63) is 28.3 Å². The molecule has 1 aromatic carbocycles. The summed E-state index contributed by atoms with van der Waals surface area (Å²) in [5, 5.41) is 3.47. The Kier molecular flexibility index (Phi) is 5.37. The number of likely N-dealkylation sites (tertiary alicyclic amines) is 1. The van der Waals surface area contributed by atoms with Crippen LogP contribution in [0, 0.1) is 19.8 Å². The lowest BCUT2D eigenvalue weighted by Gasteiger charge is -2.29. The number of carbonyl (C=O) groups excluding carboxylic acids is 2. The number of benzene rings is 1. The van der Waals surface area contributed by atoms with Crippen molar-refractivity contribution in [1.29, 1.82) is 0 Å². The van der Waals surface area contributed by atoms with Gasteiger partial charge in [-0.05, 0) is 57.0 Å². The van der Waals surface area contributed by atoms with E-state index in [0.717, 1.165) is 43.3 Å². The molecule has 0 atom stereocenters. The van der Waals surface area contributed by atoms with Crippen molar-refractivity contribution in [2.24, 2.45) is 5.92 Å². The molecular weight excluding hydrogens is 288 g/mol. The zero-order valence-corrected chi connectivity index (χ0v) is 13.2. The number of hydrogen-bond donors (Lipinski definition) is 1. The van der Waals surface area contributed by atoms with Crippen LogP contribution >= 0.6 is 11.6 Å². The molecule has 1 fully saturated rings. The van der Waals surface area contributed by atoms with Crippen LogP contribution in [-0.2, 0) is 9.59 Å². The summed E-state index contributed by atoms with van der Waals surface area (Å²) in [5.74, 6) is 0.0894. The quantitative estimate of drug-likeness (QED) is 0.870. The largest absolute Gasteiger partial charge is 0.323 e. The second-order valence-electron chi connectivity index (χ2n) is 5.74. The number of aldehydes is 1. The van der Waals surface area contributed by atoms with Crippen molar-refractivity contribution in [3.8, 4) is 0 Å². The third kappa shape index (κ3) is 4.29. The average molecular weight is 309 g/mol. The van der Waals surface area contributed by atoms with Gasteiger partial charge < -0.3 is 10.1 Å². The number of anilines is 1. The number of nitrogens with one attached hydrogen (secondary N) is 1. The van der Waals surface area contributed by atoms with Gasteiger partial charge >= 0.3 is 0 Å². The summed E-state index contributed by atoms with van der Waals surface area (Å²) in [6.07, 6.45) is 2.69. The lowest BCUT2D eigenvalue weighted by Crippen LogP contribution is -2.39. The molecule has 1 heterocycles. The molecular formula is C16H21ClN2O2. The van der Waals surface area contributed by atoms with Crippen LogP contribution in [0.4, 0.5) is 5.69 Å². The van der Waals surface area contributed by atoms with Gasteiger partial charge in [0, 0.05) is 5.92 Å². The fourth-order valence-corrected chi connectivity index (χ4v) is 3.07. The number of carbonyl (C=O) groups is 2. The van der Waals surface area contributed by atoms with Gasteiger partial charge in [0.2, 0.25) is 5.91 Å². The van der Waals surface area contributed by atoms with Crippen molar-refractivity contribution in [1.82, 2.24) is 4.90 Å². The highest BCUT2D eigenvalue weighted by Crippen LogP contribution is 2.27. The molecule has 0 spiro atoms. The summed E-state index contributed by atoms with van der Waals surface area (Å²) in [4.78, 5) is 24.9. The van der Waals surface area contributed by atoms with Crippen LogP contribution < -0.4 is 5.32 Å². The van der Waals surface area contributed by atoms with E-state index in [1.807, 2.05) is 26.0 Å². The van der Waals surface area contributed by atoms with E-state index < -0.39 is 0 Å². The molecule has 0 unspecified atom stereocenters. The Morgan fingerprint density at radius 1 is 1.38 bits per heavy atom. The lowest BCUT2D eigenvalue weighted by molar-refractivity contribution is -0.117. The van der Waals surface area contributed by atoms with Crippen molar-refractivity contribution in [3.63, 3.8) is 0 Å². The Morgan fingerprint density at radius 2 is 2.05 bits per heavy atom. The molecule has 4 nitrogen and oxygen atoms in total. The lowest BCUT2D eigenvalue weighted by atomic mass is 9.99. The number of halogens is 1. The van der Waals surface area contributed by atoms with E-state index in [4.69, 9.17) is 11.6 Å². The maximum Gasteiger partial charge on any atom is 0.238 e. The Labute approximate surface area is 130 Å². The predicted molar refractivity (Wildman–Crippen MR) is 84.8 cm³/mol. The zero-order chi connectivity index (χ0) is 15.4. The van der Waals surface area contributed by atoms with E-state index in [1.54, 1.807) is 0 Å². The van der Waals surface area contributed by atoms with Crippen LogP contribution in [-0.4, -0.2) is 36.7 Å². The molecule has 2 rings (SSSR count). The van der Waals surface area contributed by atoms with E-state index in [-0.39, 0.29) is 11.8 Å². The number of piperidine rings is 1. The molecule has 114 valence electrons. The van der Waals surface area contributed by atoms with Crippen LogP contribution in [0.15, 0.2) is 12.1 Å². The van der Waals surface area contributed by atoms with Gasteiger partial charge in [-0.2, -0.15) is 0 Å². The van der Waals surface area contributed by atoms with E-state index in [2.05, 4.69) is 10.2 Å². The molecule has 0 saturated carbocycles. The van der Waals surface area contributed by atoms with Crippen LogP contribution in [0.25, 0.3) is 0 Å². The topological polar surface area (TPSA) is 49.4 Å². The SMILES string of the molecule is Cc1cc(C)c(NC(=O)CN2CCC(C=O)CC2)c(Cl)c1. The van der Waals surface area contributed by atoms with Gasteiger partial charge in [0.25, 0.3) is 0 Å². The number of amides is 1. The minimum atomic E-state index is -0.0617. The van der Waals surface area contributed by atoms with Crippen molar-refractivity contribution < 1.29 is 9.59 Å². The van der Waals surface area contributed by atoms with Crippen molar-refractivity contribution in [2.45, 2.75) is 26.7 Å². The first-order valence-electron chi connectivity index (χ1n) is 7.24. The molecule has 1 N–H and O–H groups in total. The summed E-state index contributed by atoms with van der Waals surface area (Å²) in [7, 11) is 0. The highest BCUT2D eigenvalue weighted by molar-refractivity contribution is 6.34. The van der Waals surface area contributed by atoms with Crippen LogP contribution in [0.3, 0.4) is 0 Å². The van der Waals surface area contributed by atoms with Crippen molar-refractivity contribution >= 4 is 29.5 Å². The highest BCUT2D eigenvalue weighted by atomic mass is 35.5. The number of hydrogen-bond acceptors (Lipinski definition) is 3. The summed E-state index contributed by atoms with van der Waals surface area (Å²) in [6.45, 7) is 5.83. The second-order valence-corrected chi connectivity index (χ2v) is 6.14. The van der Waals surface area contributed by atoms with Gasteiger partial charge in [-0.15, -0.1) is 0 Å². The van der Waals surface area contributed by atoms with E-state index in [0.29, 0.717) is 17.3 Å². The maximum atomic E-state index is 12.1. The molecule has 1 aromatic rings. The standard InChI is InChI=1S/C16H21ClN2O2/c1-11-7-12(2)16(14(17)8-11)18-15(21)9-19-5-3-13(10-20)4-6-19/h7-8,10,13H,3-6,9H2,1-2H3,(H,18,21). The summed E-state index contributed by atoms with van der Waals surface area (Å²) in [5.41, 5.74) is 2.73. The Balaban J connectivity index is 1.92. The number of rotatable bonds is 4. The zero-order valence-electron chi connectivity index (χ0n) is 12.5. The second kappa shape index (κ2) is 7.05. The van der Waals surface area contributed by atoms with Crippen LogP contribution in [0.2, 0.25) is 5.02 Å². The molecule has 1 amide bonds. The summed E-state index contributed by atoms with van der Waals surface area (Å²) < 4.78 is 0. The van der Waals surface area contributed by atoms with Gasteiger partial charge in [-0.25, -0.2) is 0 Å². The molecule has 5 heteroatoms. The molecule has 0 aliphatic carbocycles. The molecule has 0 aromatic heterocycles. The first-order valence-corrected chi connectivity index (χ1v) is 7.61. The van der Waals surface area contributed by atoms with Crippen LogP contribution in [0.1, 0.15) is 24.0 Å². The fourth-order valence-electron chi connectivity index (χ4n) is 2.70. The summed E-state index contributed by atoms with van der Waals surface area (Å²) in [6, 6.07) is 3.84. The third-order valence-corrected chi connectivity index (χ3v) is 4.19. The van der Waals surface area contributed by atoms with E-state index >= 15 is 0 Å². The van der Waals surface area contributed by atoms with Crippen molar-refractivity contribution in [2.75, 3.05) is 25.0 Å². The van der Waals surface area contributed by atoms with Gasteiger partial charge in [-0.3, -0.25) is 9.69 Å². The smallest absolute Gasteiger partial charge is 0.238 e. The number of aryl methyl sites for hydroxylation is 2. The first kappa shape index (κ1) is 16.0. The minimum Gasteiger partial charge on any atom is -0.323 e. The van der Waals surface area contributed by atoms with E-state index in [9.17, 15) is 9.59 Å². The molecule has 0 bridgehead atoms. The third-order valence-electron chi connectivity index (χ3n) is 3.89. The predicted octanol–water partition coefficient (Wildman–Crippen LogP) is 2.81. The van der Waals surface area contributed by atoms with E-state index in [1.165, 1.54) is 0 Å². The van der Waals surface area contributed by atoms with Gasteiger partial charge in [0.1, 0.15) is 6.29 Å². The van der Waals surface area contributed by atoms with Gasteiger partial charge in [0.15, 0.2) is 0 Å². The monoisotopic (exact) mass is 308 g/mol. The fraction of sp³-hybridized carbons (Fsp3) is 0.500. The normalized spacial score (nSPS) is 16.7. The Bertz CT molecular complexity index is 514. The average Bonchev–Trinajstić information content (AvgIpc) is 2.43. The minimum absolute atomic E-state index is 0.0617. The molecule has 1 aliphatic heterocycles. The first-order chi connectivity index (χ1) is 9.99. The Morgan fingerprint density at radius 3 is 2.62 bits per heavy atom. The van der Waals surface area contributed by atoms with Crippen LogP contribution in [0.5, 0.6) is 0 Å². The Hall–Kier alpha value is -1.39. The number of nitrogens with zero attached hydrogens (tertiary/aromatic N) is 1. The van der Waals surface area contributed by atoms with Gasteiger partial charge in [-0.1, -0.05) is 17.7 Å². The summed E-state index contributed by atoms with van der Waals surface area (Å²) >= 11 is 6.19. The molecule has 1 aliphatic rings. The maximum absolute atomic E-state index is 12.1.